The highest BCUT2D eigenvalue weighted by Gasteiger charge is 2.44. The number of hydrogen-bond donors (Lipinski definition) is 1. The second-order valence-electron chi connectivity index (χ2n) is 4.48. The van der Waals surface area contributed by atoms with Crippen molar-refractivity contribution in [1.29, 1.82) is 0 Å². The smallest absolute Gasteiger partial charge is 0.304 e. The minimum atomic E-state index is -0.900. The highest BCUT2D eigenvalue weighted by atomic mass is 16.6. The highest BCUT2D eigenvalue weighted by Crippen LogP contribution is 2.49. The van der Waals surface area contributed by atoms with Crippen LogP contribution in [0.1, 0.15) is 31.2 Å². The van der Waals surface area contributed by atoms with Gasteiger partial charge in [0.2, 0.25) is 0 Å². The fourth-order valence-corrected chi connectivity index (χ4v) is 2.52. The first kappa shape index (κ1) is 11.6. The molecule has 1 aromatic carbocycles. The number of para-hydroxylation sites is 1. The van der Waals surface area contributed by atoms with Gasteiger partial charge in [-0.2, -0.15) is 0 Å². The van der Waals surface area contributed by atoms with Gasteiger partial charge in [-0.05, 0) is 12.8 Å². The molecule has 0 amide bonds. The Balaban J connectivity index is 2.44. The number of benzene rings is 1. The lowest BCUT2D eigenvalue weighted by Gasteiger charge is -2.40. The van der Waals surface area contributed by atoms with Crippen LogP contribution in [0.2, 0.25) is 0 Å². The Morgan fingerprint density at radius 2 is 2.06 bits per heavy atom. The molecule has 2 rings (SSSR count). The van der Waals surface area contributed by atoms with Crippen molar-refractivity contribution in [3.8, 4) is 0 Å². The van der Waals surface area contributed by atoms with E-state index in [-0.39, 0.29) is 12.1 Å². The van der Waals surface area contributed by atoms with Crippen molar-refractivity contribution in [3.05, 3.63) is 39.9 Å². The van der Waals surface area contributed by atoms with E-state index in [1.54, 1.807) is 18.2 Å². The summed E-state index contributed by atoms with van der Waals surface area (Å²) in [6.45, 7) is 0. The van der Waals surface area contributed by atoms with Gasteiger partial charge < -0.3 is 5.11 Å². The molecular formula is C12H13NO4. The van der Waals surface area contributed by atoms with Crippen molar-refractivity contribution < 1.29 is 14.8 Å². The van der Waals surface area contributed by atoms with Gasteiger partial charge in [0.15, 0.2) is 0 Å². The molecule has 0 saturated heterocycles. The third-order valence-corrected chi connectivity index (χ3v) is 3.47. The number of carboxylic acids is 1. The van der Waals surface area contributed by atoms with Crippen LogP contribution in [0.3, 0.4) is 0 Å². The lowest BCUT2D eigenvalue weighted by atomic mass is 9.62. The Morgan fingerprint density at radius 1 is 1.41 bits per heavy atom. The third kappa shape index (κ3) is 2.00. The van der Waals surface area contributed by atoms with Crippen molar-refractivity contribution in [2.45, 2.75) is 31.1 Å². The molecule has 90 valence electrons. The first-order valence-corrected chi connectivity index (χ1v) is 5.51. The van der Waals surface area contributed by atoms with E-state index in [0.29, 0.717) is 18.4 Å². The Bertz CT molecular complexity index is 465. The van der Waals surface area contributed by atoms with Gasteiger partial charge in [-0.3, -0.25) is 14.9 Å². The molecule has 1 aliphatic carbocycles. The quantitative estimate of drug-likeness (QED) is 0.642. The molecule has 0 unspecified atom stereocenters. The molecule has 0 atom stereocenters. The van der Waals surface area contributed by atoms with Crippen molar-refractivity contribution in [1.82, 2.24) is 0 Å². The second-order valence-corrected chi connectivity index (χ2v) is 4.48. The summed E-state index contributed by atoms with van der Waals surface area (Å²) in [5, 5.41) is 19.9. The summed E-state index contributed by atoms with van der Waals surface area (Å²) in [4.78, 5) is 21.4. The van der Waals surface area contributed by atoms with Gasteiger partial charge in [-0.15, -0.1) is 0 Å². The molecule has 1 N–H and O–H groups in total. The normalized spacial score (nSPS) is 17.2. The standard InChI is InChI=1S/C12H13NO4/c14-11(15)8-12(6-3-7-12)9-4-1-2-5-10(9)13(16)17/h1-2,4-5H,3,6-8H2,(H,14,15). The maximum Gasteiger partial charge on any atom is 0.304 e. The second kappa shape index (κ2) is 4.16. The van der Waals surface area contributed by atoms with E-state index < -0.39 is 16.3 Å². The van der Waals surface area contributed by atoms with E-state index in [0.717, 1.165) is 6.42 Å². The van der Waals surface area contributed by atoms with Gasteiger partial charge in [0, 0.05) is 17.0 Å². The number of carboxylic acid groups (broad SMARTS) is 1. The summed E-state index contributed by atoms with van der Waals surface area (Å²) in [6, 6.07) is 6.45. The monoisotopic (exact) mass is 235 g/mol. The third-order valence-electron chi connectivity index (χ3n) is 3.47. The maximum atomic E-state index is 11.0. The molecule has 1 fully saturated rings. The summed E-state index contributed by atoms with van der Waals surface area (Å²) in [5.41, 5.74) is 0.0716. The number of nitro groups is 1. The Kier molecular flexibility index (Phi) is 2.83. The van der Waals surface area contributed by atoms with Gasteiger partial charge in [0.1, 0.15) is 0 Å². The van der Waals surface area contributed by atoms with Gasteiger partial charge in [-0.25, -0.2) is 0 Å². The van der Waals surface area contributed by atoms with Crippen LogP contribution >= 0.6 is 0 Å². The first-order valence-electron chi connectivity index (χ1n) is 5.51. The number of carbonyl (C=O) groups is 1. The molecular weight excluding hydrogens is 222 g/mol. The fraction of sp³-hybridized carbons (Fsp3) is 0.417. The lowest BCUT2D eigenvalue weighted by Crippen LogP contribution is -2.37. The van der Waals surface area contributed by atoms with E-state index in [4.69, 9.17) is 5.11 Å². The van der Waals surface area contributed by atoms with Crippen LogP contribution in [0.4, 0.5) is 5.69 Å². The Hall–Kier alpha value is -1.91. The zero-order valence-corrected chi connectivity index (χ0v) is 9.26. The average Bonchev–Trinajstić information content (AvgIpc) is 2.23. The molecule has 0 bridgehead atoms. The Labute approximate surface area is 98.2 Å². The van der Waals surface area contributed by atoms with Crippen LogP contribution < -0.4 is 0 Å². The van der Waals surface area contributed by atoms with Crippen LogP contribution in [-0.2, 0) is 10.2 Å². The molecule has 5 heteroatoms. The predicted molar refractivity (Wildman–Crippen MR) is 60.9 cm³/mol. The molecule has 0 radical (unpaired) electrons. The predicted octanol–water partition coefficient (Wildman–Crippen LogP) is 2.49. The van der Waals surface area contributed by atoms with Crippen molar-refractivity contribution in [2.24, 2.45) is 0 Å². The summed E-state index contributed by atoms with van der Waals surface area (Å²) >= 11 is 0. The summed E-state index contributed by atoms with van der Waals surface area (Å²) in [7, 11) is 0. The van der Waals surface area contributed by atoms with Crippen LogP contribution in [0.5, 0.6) is 0 Å². The minimum Gasteiger partial charge on any atom is -0.481 e. The summed E-state index contributed by atoms with van der Waals surface area (Å²) < 4.78 is 0. The molecule has 1 aliphatic rings. The molecule has 5 nitrogen and oxygen atoms in total. The van der Waals surface area contributed by atoms with Crippen LogP contribution in [0, 0.1) is 10.1 Å². The van der Waals surface area contributed by atoms with E-state index in [1.165, 1.54) is 6.07 Å². The summed E-state index contributed by atoms with van der Waals surface area (Å²) in [5.74, 6) is -0.900. The Morgan fingerprint density at radius 3 is 2.53 bits per heavy atom. The van der Waals surface area contributed by atoms with Crippen molar-refractivity contribution in [2.75, 3.05) is 0 Å². The number of nitrogens with zero attached hydrogens (tertiary/aromatic N) is 1. The van der Waals surface area contributed by atoms with Crippen LogP contribution in [0.25, 0.3) is 0 Å². The molecule has 17 heavy (non-hydrogen) atoms. The van der Waals surface area contributed by atoms with E-state index >= 15 is 0 Å². The highest BCUT2D eigenvalue weighted by molar-refractivity contribution is 5.70. The number of nitro benzene ring substituents is 1. The minimum absolute atomic E-state index is 0.0299. The number of hydrogen-bond acceptors (Lipinski definition) is 3. The maximum absolute atomic E-state index is 11.0. The van der Waals surface area contributed by atoms with Crippen LogP contribution in [-0.4, -0.2) is 16.0 Å². The van der Waals surface area contributed by atoms with E-state index in [1.807, 2.05) is 0 Å². The molecule has 0 aliphatic heterocycles. The van der Waals surface area contributed by atoms with Crippen molar-refractivity contribution >= 4 is 11.7 Å². The molecule has 0 heterocycles. The van der Waals surface area contributed by atoms with Gasteiger partial charge in [0.25, 0.3) is 5.69 Å². The van der Waals surface area contributed by atoms with Crippen molar-refractivity contribution in [3.63, 3.8) is 0 Å². The molecule has 0 aromatic heterocycles. The fourth-order valence-electron chi connectivity index (χ4n) is 2.52. The topological polar surface area (TPSA) is 80.4 Å². The lowest BCUT2D eigenvalue weighted by molar-refractivity contribution is -0.386. The first-order chi connectivity index (χ1) is 8.05. The molecule has 1 aromatic rings. The van der Waals surface area contributed by atoms with Crippen LogP contribution in [0.15, 0.2) is 24.3 Å². The molecule has 0 spiro atoms. The van der Waals surface area contributed by atoms with Gasteiger partial charge in [-0.1, -0.05) is 24.6 Å². The zero-order valence-electron chi connectivity index (χ0n) is 9.26. The summed E-state index contributed by atoms with van der Waals surface area (Å²) in [6.07, 6.45) is 2.32. The number of aliphatic carboxylic acids is 1. The van der Waals surface area contributed by atoms with E-state index in [9.17, 15) is 14.9 Å². The zero-order chi connectivity index (χ0) is 12.5. The average molecular weight is 235 g/mol. The van der Waals surface area contributed by atoms with Gasteiger partial charge in [0.05, 0.1) is 11.3 Å². The molecule has 1 saturated carbocycles. The largest absolute Gasteiger partial charge is 0.481 e. The van der Waals surface area contributed by atoms with E-state index in [2.05, 4.69) is 0 Å². The van der Waals surface area contributed by atoms with Gasteiger partial charge >= 0.3 is 5.97 Å². The SMILES string of the molecule is O=C(O)CC1(c2ccccc2[N+](=O)[O-])CCC1. The number of rotatable bonds is 4.